The quantitative estimate of drug-likeness (QED) is 0.379. The molecular formula is C26H26F3N7O. The van der Waals surface area contributed by atoms with Crippen molar-refractivity contribution in [3.05, 3.63) is 55.1 Å². The van der Waals surface area contributed by atoms with Crippen LogP contribution in [0.4, 0.5) is 24.7 Å². The summed E-state index contributed by atoms with van der Waals surface area (Å²) in [4.78, 5) is 31.1. The Hall–Kier alpha value is -4.15. The van der Waals surface area contributed by atoms with Crippen molar-refractivity contribution in [1.29, 1.82) is 0 Å². The van der Waals surface area contributed by atoms with Crippen molar-refractivity contribution in [1.82, 2.24) is 19.9 Å². The van der Waals surface area contributed by atoms with E-state index in [1.807, 2.05) is 18.2 Å². The van der Waals surface area contributed by atoms with Crippen molar-refractivity contribution in [2.24, 2.45) is 5.73 Å². The molecule has 0 aliphatic carbocycles. The SMILES string of the molecule is C[C@H](C(N)=O)N(CC(F)(F)F)c1cncc(-c2c[nH]c3ncc(-c4cccc(N5CCCC5)c4)cc23)n1. The second-order valence-electron chi connectivity index (χ2n) is 9.15. The molecule has 192 valence electrons. The number of hydrogen-bond acceptors (Lipinski definition) is 6. The van der Waals surface area contributed by atoms with E-state index in [2.05, 4.69) is 37.0 Å². The summed E-state index contributed by atoms with van der Waals surface area (Å²) in [5, 5.41) is 0.751. The van der Waals surface area contributed by atoms with Crippen LogP contribution in [0.2, 0.25) is 0 Å². The van der Waals surface area contributed by atoms with Gasteiger partial charge in [0.15, 0.2) is 0 Å². The number of fused-ring (bicyclic) bond motifs is 1. The summed E-state index contributed by atoms with van der Waals surface area (Å²) >= 11 is 0. The van der Waals surface area contributed by atoms with E-state index in [0.717, 1.165) is 40.2 Å². The van der Waals surface area contributed by atoms with Crippen LogP contribution in [0.25, 0.3) is 33.4 Å². The van der Waals surface area contributed by atoms with E-state index in [1.165, 1.54) is 32.2 Å². The molecule has 8 nitrogen and oxygen atoms in total. The third-order valence-corrected chi connectivity index (χ3v) is 6.60. The van der Waals surface area contributed by atoms with Crippen LogP contribution in [0, 0.1) is 0 Å². The third kappa shape index (κ3) is 5.20. The zero-order valence-corrected chi connectivity index (χ0v) is 20.2. The number of primary amides is 1. The first kappa shape index (κ1) is 24.5. The van der Waals surface area contributed by atoms with Crippen LogP contribution in [0.1, 0.15) is 19.8 Å². The van der Waals surface area contributed by atoms with Gasteiger partial charge in [-0.2, -0.15) is 13.2 Å². The van der Waals surface area contributed by atoms with Gasteiger partial charge in [0.25, 0.3) is 0 Å². The molecule has 11 heteroatoms. The molecule has 1 fully saturated rings. The van der Waals surface area contributed by atoms with Crippen molar-refractivity contribution in [3.8, 4) is 22.4 Å². The molecule has 3 aromatic heterocycles. The average Bonchev–Trinajstić information content (AvgIpc) is 3.56. The van der Waals surface area contributed by atoms with Gasteiger partial charge in [-0.3, -0.25) is 9.78 Å². The van der Waals surface area contributed by atoms with Gasteiger partial charge in [0.1, 0.15) is 24.1 Å². The number of carbonyl (C=O) groups is 1. The Morgan fingerprint density at radius 3 is 2.68 bits per heavy atom. The number of pyridine rings is 1. The van der Waals surface area contributed by atoms with E-state index in [0.29, 0.717) is 16.9 Å². The number of benzene rings is 1. The van der Waals surface area contributed by atoms with E-state index >= 15 is 0 Å². The molecule has 1 saturated heterocycles. The first-order valence-corrected chi connectivity index (χ1v) is 12.0. The zero-order chi connectivity index (χ0) is 26.2. The number of nitrogens with one attached hydrogen (secondary N) is 1. The molecule has 5 rings (SSSR count). The van der Waals surface area contributed by atoms with Crippen molar-refractivity contribution in [3.63, 3.8) is 0 Å². The number of H-pyrrole nitrogens is 1. The van der Waals surface area contributed by atoms with Gasteiger partial charge in [-0.15, -0.1) is 0 Å². The smallest absolute Gasteiger partial charge is 0.372 e. The minimum absolute atomic E-state index is 0.0992. The predicted molar refractivity (Wildman–Crippen MR) is 136 cm³/mol. The second-order valence-corrected chi connectivity index (χ2v) is 9.15. The molecule has 0 unspecified atom stereocenters. The molecule has 1 amide bonds. The number of amides is 1. The van der Waals surface area contributed by atoms with Gasteiger partial charge in [-0.05, 0) is 43.5 Å². The molecule has 3 N–H and O–H groups in total. The maximum Gasteiger partial charge on any atom is 0.406 e. The fourth-order valence-corrected chi connectivity index (χ4v) is 4.62. The average molecular weight is 510 g/mol. The second kappa shape index (κ2) is 9.72. The standard InChI is InChI=1S/C26H26F3N7O/c1-16(24(30)37)36(15-26(27,28)29)23-14-31-13-22(34-23)21-12-33-25-20(21)10-18(11-32-25)17-5-4-6-19(9-17)35-7-2-3-8-35/h4-6,9-14,16H,2-3,7-8,15H2,1H3,(H2,30,37)(H,32,33)/t16-/m1/s1. The monoisotopic (exact) mass is 509 g/mol. The summed E-state index contributed by atoms with van der Waals surface area (Å²) in [7, 11) is 0. The molecule has 1 aromatic carbocycles. The normalized spacial score (nSPS) is 14.8. The van der Waals surface area contributed by atoms with Gasteiger partial charge < -0.3 is 20.5 Å². The number of nitrogens with zero attached hydrogens (tertiary/aromatic N) is 5. The molecule has 1 aliphatic rings. The molecule has 0 bridgehead atoms. The molecule has 0 saturated carbocycles. The summed E-state index contributed by atoms with van der Waals surface area (Å²) < 4.78 is 39.8. The highest BCUT2D eigenvalue weighted by molar-refractivity contribution is 5.95. The minimum Gasteiger partial charge on any atom is -0.372 e. The molecule has 1 atom stereocenters. The van der Waals surface area contributed by atoms with Gasteiger partial charge >= 0.3 is 6.18 Å². The number of carbonyl (C=O) groups excluding carboxylic acids is 1. The number of aromatic nitrogens is 4. The van der Waals surface area contributed by atoms with Gasteiger partial charge in [-0.1, -0.05) is 12.1 Å². The molecule has 37 heavy (non-hydrogen) atoms. The molecule has 4 aromatic rings. The Morgan fingerprint density at radius 2 is 1.95 bits per heavy atom. The molecule has 4 heterocycles. The van der Waals surface area contributed by atoms with Crippen LogP contribution in [0.3, 0.4) is 0 Å². The molecule has 0 spiro atoms. The van der Waals surface area contributed by atoms with Crippen molar-refractivity contribution in [2.75, 3.05) is 29.4 Å². The number of aromatic amines is 1. The summed E-state index contributed by atoms with van der Waals surface area (Å²) in [5.41, 5.74) is 9.97. The first-order chi connectivity index (χ1) is 17.7. The molecule has 0 radical (unpaired) electrons. The van der Waals surface area contributed by atoms with Gasteiger partial charge in [0.05, 0.1) is 18.1 Å². The van der Waals surface area contributed by atoms with Crippen LogP contribution in [-0.4, -0.2) is 57.7 Å². The fourth-order valence-electron chi connectivity index (χ4n) is 4.62. The number of hydrogen-bond donors (Lipinski definition) is 2. The van der Waals surface area contributed by atoms with E-state index in [9.17, 15) is 18.0 Å². The molecule has 1 aliphatic heterocycles. The fraction of sp³-hybridized carbons (Fsp3) is 0.308. The Bertz CT molecular complexity index is 1430. The van der Waals surface area contributed by atoms with Gasteiger partial charge in [-0.25, -0.2) is 9.97 Å². The summed E-state index contributed by atoms with van der Waals surface area (Å²) in [6.07, 6.45) is 3.94. The number of alkyl halides is 3. The Labute approximate surface area is 211 Å². The lowest BCUT2D eigenvalue weighted by molar-refractivity contribution is -0.125. The van der Waals surface area contributed by atoms with Gasteiger partial charge in [0, 0.05) is 47.7 Å². The molecular weight excluding hydrogens is 483 g/mol. The summed E-state index contributed by atoms with van der Waals surface area (Å²) in [6, 6.07) is 9.03. The van der Waals surface area contributed by atoms with Crippen molar-refractivity contribution in [2.45, 2.75) is 32.0 Å². The number of halogens is 3. The predicted octanol–water partition coefficient (Wildman–Crippen LogP) is 4.53. The van der Waals surface area contributed by atoms with Crippen LogP contribution >= 0.6 is 0 Å². The highest BCUT2D eigenvalue weighted by Crippen LogP contribution is 2.33. The van der Waals surface area contributed by atoms with E-state index in [-0.39, 0.29) is 5.82 Å². The van der Waals surface area contributed by atoms with Crippen LogP contribution in [0.5, 0.6) is 0 Å². The maximum absolute atomic E-state index is 13.3. The van der Waals surface area contributed by atoms with Crippen molar-refractivity contribution >= 4 is 28.4 Å². The number of rotatable bonds is 7. The van der Waals surface area contributed by atoms with Crippen molar-refractivity contribution < 1.29 is 18.0 Å². The largest absolute Gasteiger partial charge is 0.406 e. The maximum atomic E-state index is 13.3. The van der Waals surface area contributed by atoms with E-state index < -0.39 is 24.7 Å². The third-order valence-electron chi connectivity index (χ3n) is 6.60. The lowest BCUT2D eigenvalue weighted by atomic mass is 10.0. The van der Waals surface area contributed by atoms with Crippen LogP contribution in [0.15, 0.2) is 55.1 Å². The van der Waals surface area contributed by atoms with Crippen LogP contribution in [-0.2, 0) is 4.79 Å². The number of nitrogens with two attached hydrogens (primary N) is 1. The van der Waals surface area contributed by atoms with E-state index in [1.54, 1.807) is 12.4 Å². The summed E-state index contributed by atoms with van der Waals surface area (Å²) in [6.45, 7) is 2.00. The highest BCUT2D eigenvalue weighted by Gasteiger charge is 2.35. The Morgan fingerprint density at radius 1 is 1.16 bits per heavy atom. The minimum atomic E-state index is -4.56. The van der Waals surface area contributed by atoms with Gasteiger partial charge in [0.2, 0.25) is 5.91 Å². The Kier molecular flexibility index (Phi) is 6.45. The lowest BCUT2D eigenvalue weighted by Gasteiger charge is -2.29. The number of anilines is 2. The topological polar surface area (TPSA) is 104 Å². The Balaban J connectivity index is 1.52. The summed E-state index contributed by atoms with van der Waals surface area (Å²) in [5.74, 6) is -0.994. The lowest BCUT2D eigenvalue weighted by Crippen LogP contribution is -2.47. The van der Waals surface area contributed by atoms with Crippen LogP contribution < -0.4 is 15.5 Å². The van der Waals surface area contributed by atoms with E-state index in [4.69, 9.17) is 5.73 Å². The first-order valence-electron chi connectivity index (χ1n) is 12.0. The highest BCUT2D eigenvalue weighted by atomic mass is 19.4. The zero-order valence-electron chi connectivity index (χ0n) is 20.2.